The van der Waals surface area contributed by atoms with Gasteiger partial charge in [-0.05, 0) is 43.5 Å². The zero-order valence-corrected chi connectivity index (χ0v) is 11.1. The molecule has 0 fully saturated rings. The van der Waals surface area contributed by atoms with E-state index in [0.717, 1.165) is 30.6 Å². The topological polar surface area (TPSA) is 69.6 Å². The van der Waals surface area contributed by atoms with E-state index in [9.17, 15) is 9.59 Å². The number of aryl methyl sites for hydroxylation is 1. The molecular formula is C14H18N2O3. The summed E-state index contributed by atoms with van der Waals surface area (Å²) in [5.74, 6) is -1.27. The number of anilines is 1. The van der Waals surface area contributed by atoms with Crippen LogP contribution >= 0.6 is 0 Å². The van der Waals surface area contributed by atoms with Crippen molar-refractivity contribution < 1.29 is 14.7 Å². The fourth-order valence-corrected chi connectivity index (χ4v) is 2.15. The SMILES string of the molecule is CC(C(=O)O)N(C)C(=O)c1ccc2c(c1)CCCN2. The van der Waals surface area contributed by atoms with Gasteiger partial charge in [0.1, 0.15) is 6.04 Å². The molecule has 1 unspecified atom stereocenters. The Hall–Kier alpha value is -2.04. The first kappa shape index (κ1) is 13.4. The molecule has 0 saturated heterocycles. The number of benzene rings is 1. The van der Waals surface area contributed by atoms with Crippen LogP contribution in [0.5, 0.6) is 0 Å². The Morgan fingerprint density at radius 1 is 1.42 bits per heavy atom. The van der Waals surface area contributed by atoms with Crippen LogP contribution < -0.4 is 5.32 Å². The summed E-state index contributed by atoms with van der Waals surface area (Å²) in [6.45, 7) is 2.45. The first-order valence-corrected chi connectivity index (χ1v) is 6.37. The molecule has 1 amide bonds. The van der Waals surface area contributed by atoms with Crippen molar-refractivity contribution in [3.63, 3.8) is 0 Å². The Labute approximate surface area is 112 Å². The number of carboxylic acids is 1. The van der Waals surface area contributed by atoms with E-state index in [1.165, 1.54) is 18.9 Å². The van der Waals surface area contributed by atoms with Crippen LogP contribution in [-0.2, 0) is 11.2 Å². The number of rotatable bonds is 3. The summed E-state index contributed by atoms with van der Waals surface area (Å²) >= 11 is 0. The first-order valence-electron chi connectivity index (χ1n) is 6.37. The van der Waals surface area contributed by atoms with E-state index in [0.29, 0.717) is 5.56 Å². The molecule has 2 rings (SSSR count). The maximum absolute atomic E-state index is 12.2. The molecule has 102 valence electrons. The minimum atomic E-state index is -1.00. The third-order valence-electron chi connectivity index (χ3n) is 3.55. The zero-order valence-electron chi connectivity index (χ0n) is 11.1. The minimum Gasteiger partial charge on any atom is -0.480 e. The summed E-state index contributed by atoms with van der Waals surface area (Å²) in [6.07, 6.45) is 1.99. The number of carbonyl (C=O) groups excluding carboxylic acids is 1. The zero-order chi connectivity index (χ0) is 14.0. The van der Waals surface area contributed by atoms with Crippen molar-refractivity contribution in [2.24, 2.45) is 0 Å². The maximum atomic E-state index is 12.2. The normalized spacial score (nSPS) is 15.1. The summed E-state index contributed by atoms with van der Waals surface area (Å²) in [4.78, 5) is 24.4. The molecule has 0 aliphatic carbocycles. The largest absolute Gasteiger partial charge is 0.480 e. The molecule has 5 heteroatoms. The van der Waals surface area contributed by atoms with E-state index in [1.54, 1.807) is 6.07 Å². The molecule has 1 heterocycles. The molecule has 1 aliphatic rings. The van der Waals surface area contributed by atoms with Crippen molar-refractivity contribution in [1.82, 2.24) is 4.90 Å². The summed E-state index contributed by atoms with van der Waals surface area (Å²) in [6, 6.07) is 4.65. The summed E-state index contributed by atoms with van der Waals surface area (Å²) in [7, 11) is 1.51. The summed E-state index contributed by atoms with van der Waals surface area (Å²) in [5, 5.41) is 12.2. The number of likely N-dealkylation sites (N-methyl/N-ethyl adjacent to an activating group) is 1. The highest BCUT2D eigenvalue weighted by molar-refractivity contribution is 5.97. The number of aliphatic carboxylic acids is 1. The molecule has 2 N–H and O–H groups in total. The Kier molecular flexibility index (Phi) is 3.74. The number of nitrogens with one attached hydrogen (secondary N) is 1. The van der Waals surface area contributed by atoms with Crippen molar-refractivity contribution in [2.45, 2.75) is 25.8 Å². The van der Waals surface area contributed by atoms with Gasteiger partial charge in [0.05, 0.1) is 0 Å². The molecule has 1 aromatic rings. The lowest BCUT2D eigenvalue weighted by atomic mass is 10.00. The second-order valence-corrected chi connectivity index (χ2v) is 4.83. The average Bonchev–Trinajstić information content (AvgIpc) is 2.44. The monoisotopic (exact) mass is 262 g/mol. The maximum Gasteiger partial charge on any atom is 0.326 e. The fraction of sp³-hybridized carbons (Fsp3) is 0.429. The molecule has 1 atom stereocenters. The predicted octanol–water partition coefficient (Wildman–Crippen LogP) is 1.59. The van der Waals surface area contributed by atoms with E-state index < -0.39 is 12.0 Å². The van der Waals surface area contributed by atoms with Gasteiger partial charge >= 0.3 is 5.97 Å². The molecular weight excluding hydrogens is 244 g/mol. The molecule has 0 aromatic heterocycles. The molecule has 5 nitrogen and oxygen atoms in total. The van der Waals surface area contributed by atoms with Crippen LogP contribution in [0.25, 0.3) is 0 Å². The lowest BCUT2D eigenvalue weighted by Gasteiger charge is -2.23. The third-order valence-corrected chi connectivity index (χ3v) is 3.55. The fourth-order valence-electron chi connectivity index (χ4n) is 2.15. The second kappa shape index (κ2) is 5.30. The van der Waals surface area contributed by atoms with Gasteiger partial charge in [-0.1, -0.05) is 0 Å². The van der Waals surface area contributed by atoms with Gasteiger partial charge in [-0.3, -0.25) is 4.79 Å². The van der Waals surface area contributed by atoms with E-state index >= 15 is 0 Å². The van der Waals surface area contributed by atoms with E-state index in [2.05, 4.69) is 5.32 Å². The molecule has 0 bridgehead atoms. The number of hydrogen-bond donors (Lipinski definition) is 2. The number of nitrogens with zero attached hydrogens (tertiary/aromatic N) is 1. The Balaban J connectivity index is 2.22. The standard InChI is InChI=1S/C14H18N2O3/c1-9(14(18)19)16(2)13(17)11-5-6-12-10(8-11)4-3-7-15-12/h5-6,8-9,15H,3-4,7H2,1-2H3,(H,18,19). The molecule has 0 radical (unpaired) electrons. The highest BCUT2D eigenvalue weighted by atomic mass is 16.4. The molecule has 0 saturated carbocycles. The number of fused-ring (bicyclic) bond motifs is 1. The van der Waals surface area contributed by atoms with Gasteiger partial charge in [0.25, 0.3) is 5.91 Å². The first-order chi connectivity index (χ1) is 9.00. The van der Waals surface area contributed by atoms with Crippen LogP contribution in [0.2, 0.25) is 0 Å². The van der Waals surface area contributed by atoms with Crippen LogP contribution in [0.1, 0.15) is 29.3 Å². The van der Waals surface area contributed by atoms with Gasteiger partial charge in [0.15, 0.2) is 0 Å². The summed E-state index contributed by atoms with van der Waals surface area (Å²) < 4.78 is 0. The van der Waals surface area contributed by atoms with E-state index in [1.807, 2.05) is 12.1 Å². The van der Waals surface area contributed by atoms with Gasteiger partial charge in [-0.15, -0.1) is 0 Å². The molecule has 1 aliphatic heterocycles. The molecule has 19 heavy (non-hydrogen) atoms. The molecule has 1 aromatic carbocycles. The second-order valence-electron chi connectivity index (χ2n) is 4.83. The van der Waals surface area contributed by atoms with E-state index in [-0.39, 0.29) is 5.91 Å². The van der Waals surface area contributed by atoms with Gasteiger partial charge < -0.3 is 15.3 Å². The molecule has 0 spiro atoms. The smallest absolute Gasteiger partial charge is 0.326 e. The van der Waals surface area contributed by atoms with Crippen molar-refractivity contribution in [3.05, 3.63) is 29.3 Å². The van der Waals surface area contributed by atoms with Crippen LogP contribution in [-0.4, -0.2) is 41.5 Å². The highest BCUT2D eigenvalue weighted by Gasteiger charge is 2.23. The minimum absolute atomic E-state index is 0.261. The van der Waals surface area contributed by atoms with Crippen molar-refractivity contribution in [2.75, 3.05) is 18.9 Å². The van der Waals surface area contributed by atoms with Crippen LogP contribution in [0, 0.1) is 0 Å². The van der Waals surface area contributed by atoms with Crippen molar-refractivity contribution in [1.29, 1.82) is 0 Å². The van der Waals surface area contributed by atoms with Gasteiger partial charge in [-0.2, -0.15) is 0 Å². The van der Waals surface area contributed by atoms with Gasteiger partial charge in [-0.25, -0.2) is 4.79 Å². The number of carbonyl (C=O) groups is 2. The Bertz CT molecular complexity index is 513. The van der Waals surface area contributed by atoms with Crippen LogP contribution in [0.4, 0.5) is 5.69 Å². The van der Waals surface area contributed by atoms with Crippen molar-refractivity contribution in [3.8, 4) is 0 Å². The average molecular weight is 262 g/mol. The Morgan fingerprint density at radius 3 is 2.84 bits per heavy atom. The highest BCUT2D eigenvalue weighted by Crippen LogP contribution is 2.23. The Morgan fingerprint density at radius 2 is 2.16 bits per heavy atom. The van der Waals surface area contributed by atoms with Gasteiger partial charge in [0.2, 0.25) is 0 Å². The van der Waals surface area contributed by atoms with Crippen molar-refractivity contribution >= 4 is 17.6 Å². The third kappa shape index (κ3) is 2.70. The van der Waals surface area contributed by atoms with Crippen LogP contribution in [0.3, 0.4) is 0 Å². The lowest BCUT2D eigenvalue weighted by molar-refractivity contribution is -0.141. The van der Waals surface area contributed by atoms with Gasteiger partial charge in [0, 0.05) is 24.8 Å². The van der Waals surface area contributed by atoms with Crippen LogP contribution in [0.15, 0.2) is 18.2 Å². The predicted molar refractivity (Wildman–Crippen MR) is 72.4 cm³/mol. The number of carboxylic acid groups (broad SMARTS) is 1. The number of hydrogen-bond acceptors (Lipinski definition) is 3. The summed E-state index contributed by atoms with van der Waals surface area (Å²) in [5.41, 5.74) is 2.73. The van der Waals surface area contributed by atoms with E-state index in [4.69, 9.17) is 5.11 Å². The quantitative estimate of drug-likeness (QED) is 0.868. The lowest BCUT2D eigenvalue weighted by Crippen LogP contribution is -2.40. The number of amides is 1.